The van der Waals surface area contributed by atoms with Gasteiger partial charge in [0.2, 0.25) is 5.91 Å². The molecule has 0 radical (unpaired) electrons. The third-order valence-electron chi connectivity index (χ3n) is 4.12. The van der Waals surface area contributed by atoms with Crippen molar-refractivity contribution >= 4 is 21.7 Å². The minimum Gasteiger partial charge on any atom is -0.349 e. The van der Waals surface area contributed by atoms with Crippen molar-refractivity contribution in [3.63, 3.8) is 0 Å². The molecule has 1 aliphatic heterocycles. The van der Waals surface area contributed by atoms with Crippen molar-refractivity contribution in [1.82, 2.24) is 10.2 Å². The molecular weight excluding hydrogens is 316 g/mol. The molecule has 1 aromatic carbocycles. The van der Waals surface area contributed by atoms with Gasteiger partial charge in [0.1, 0.15) is 0 Å². The Hall–Kier alpha value is -1.89. The number of likely N-dealkylation sites (tertiary alicyclic amines) is 1. The van der Waals surface area contributed by atoms with E-state index in [2.05, 4.69) is 5.32 Å². The first-order chi connectivity index (χ1) is 10.8. The maximum absolute atomic E-state index is 12.5. The second-order valence-electron chi connectivity index (χ2n) is 5.65. The number of benzene rings is 1. The van der Waals surface area contributed by atoms with E-state index in [0.29, 0.717) is 25.9 Å². The topological polar surface area (TPSA) is 83.6 Å². The Morgan fingerprint density at radius 1 is 1.22 bits per heavy atom. The summed E-state index contributed by atoms with van der Waals surface area (Å²) >= 11 is 0. The van der Waals surface area contributed by atoms with Crippen LogP contribution in [0.25, 0.3) is 0 Å². The molecule has 0 unspecified atom stereocenters. The Morgan fingerprint density at radius 2 is 1.83 bits per heavy atom. The smallest absolute Gasteiger partial charge is 0.252 e. The standard InChI is InChI=1S/C16H22N2O4S/c1-3-23(21,22)15-7-5-4-6-14(15)16(20)17-13-8-10-18(11-9-13)12(2)19/h4-7,13H,3,8-11H2,1-2H3,(H,17,20). The summed E-state index contributed by atoms with van der Waals surface area (Å²) in [6.45, 7) is 4.30. The highest BCUT2D eigenvalue weighted by Crippen LogP contribution is 2.18. The number of hydrogen-bond donors (Lipinski definition) is 1. The highest BCUT2D eigenvalue weighted by atomic mass is 32.2. The van der Waals surface area contributed by atoms with Gasteiger partial charge in [-0.2, -0.15) is 0 Å². The maximum Gasteiger partial charge on any atom is 0.252 e. The third kappa shape index (κ3) is 4.10. The predicted octanol–water partition coefficient (Wildman–Crippen LogP) is 1.22. The van der Waals surface area contributed by atoms with Crippen LogP contribution in [0.2, 0.25) is 0 Å². The summed E-state index contributed by atoms with van der Waals surface area (Å²) in [4.78, 5) is 25.6. The van der Waals surface area contributed by atoms with Gasteiger partial charge in [0.05, 0.1) is 16.2 Å². The molecule has 2 amide bonds. The molecule has 1 aliphatic rings. The highest BCUT2D eigenvalue weighted by Gasteiger charge is 2.25. The van der Waals surface area contributed by atoms with E-state index in [1.165, 1.54) is 19.1 Å². The normalized spacial score (nSPS) is 16.2. The summed E-state index contributed by atoms with van der Waals surface area (Å²) in [6.07, 6.45) is 1.35. The van der Waals surface area contributed by atoms with Gasteiger partial charge in [-0.3, -0.25) is 9.59 Å². The molecule has 1 saturated heterocycles. The number of nitrogens with one attached hydrogen (secondary N) is 1. The summed E-state index contributed by atoms with van der Waals surface area (Å²) in [5, 5.41) is 2.89. The van der Waals surface area contributed by atoms with Gasteiger partial charge in [0.15, 0.2) is 9.84 Å². The molecule has 1 N–H and O–H groups in total. The second-order valence-corrected chi connectivity index (χ2v) is 7.90. The van der Waals surface area contributed by atoms with Gasteiger partial charge in [-0.05, 0) is 25.0 Å². The monoisotopic (exact) mass is 338 g/mol. The van der Waals surface area contributed by atoms with Crippen LogP contribution in [0, 0.1) is 0 Å². The molecule has 2 rings (SSSR count). The number of hydrogen-bond acceptors (Lipinski definition) is 4. The van der Waals surface area contributed by atoms with Crippen LogP contribution < -0.4 is 5.32 Å². The first-order valence-electron chi connectivity index (χ1n) is 7.73. The van der Waals surface area contributed by atoms with E-state index < -0.39 is 9.84 Å². The number of amides is 2. The van der Waals surface area contributed by atoms with E-state index >= 15 is 0 Å². The Balaban J connectivity index is 2.10. The summed E-state index contributed by atoms with van der Waals surface area (Å²) in [5.41, 5.74) is 0.184. The summed E-state index contributed by atoms with van der Waals surface area (Å²) in [6, 6.07) is 6.22. The number of sulfone groups is 1. The lowest BCUT2D eigenvalue weighted by atomic mass is 10.0. The van der Waals surface area contributed by atoms with E-state index in [4.69, 9.17) is 0 Å². The lowest BCUT2D eigenvalue weighted by Gasteiger charge is -2.31. The van der Waals surface area contributed by atoms with Crippen LogP contribution in [0.4, 0.5) is 0 Å². The number of carbonyl (C=O) groups is 2. The van der Waals surface area contributed by atoms with Crippen LogP contribution in [-0.2, 0) is 14.6 Å². The summed E-state index contributed by atoms with van der Waals surface area (Å²) in [7, 11) is -3.45. The molecule has 0 saturated carbocycles. The van der Waals surface area contributed by atoms with Crippen LogP contribution in [0.5, 0.6) is 0 Å². The zero-order valence-corrected chi connectivity index (χ0v) is 14.2. The average molecular weight is 338 g/mol. The molecule has 7 heteroatoms. The second kappa shape index (κ2) is 7.12. The molecule has 1 fully saturated rings. The highest BCUT2D eigenvalue weighted by molar-refractivity contribution is 7.91. The zero-order chi connectivity index (χ0) is 17.0. The lowest BCUT2D eigenvalue weighted by Crippen LogP contribution is -2.46. The van der Waals surface area contributed by atoms with Gasteiger partial charge in [-0.25, -0.2) is 8.42 Å². The molecule has 1 heterocycles. The number of nitrogens with zero attached hydrogens (tertiary/aromatic N) is 1. The van der Waals surface area contributed by atoms with Crippen LogP contribution in [0.1, 0.15) is 37.0 Å². The fourth-order valence-corrected chi connectivity index (χ4v) is 3.78. The summed E-state index contributed by atoms with van der Waals surface area (Å²) in [5.74, 6) is -0.387. The molecule has 0 bridgehead atoms. The molecule has 0 spiro atoms. The van der Waals surface area contributed by atoms with E-state index in [9.17, 15) is 18.0 Å². The molecular formula is C16H22N2O4S. The van der Waals surface area contributed by atoms with Crippen molar-refractivity contribution in [2.45, 2.75) is 37.6 Å². The quantitative estimate of drug-likeness (QED) is 0.895. The maximum atomic E-state index is 12.5. The van der Waals surface area contributed by atoms with E-state index in [-0.39, 0.29) is 34.1 Å². The minimum absolute atomic E-state index is 0.0363. The van der Waals surface area contributed by atoms with Crippen molar-refractivity contribution in [2.24, 2.45) is 0 Å². The molecule has 126 valence electrons. The Labute approximate surface area is 136 Å². The Kier molecular flexibility index (Phi) is 5.41. The van der Waals surface area contributed by atoms with Gasteiger partial charge in [-0.1, -0.05) is 19.1 Å². The van der Waals surface area contributed by atoms with Crippen LogP contribution in [0.15, 0.2) is 29.2 Å². The van der Waals surface area contributed by atoms with Crippen molar-refractivity contribution in [2.75, 3.05) is 18.8 Å². The summed E-state index contributed by atoms with van der Waals surface area (Å²) < 4.78 is 24.2. The Morgan fingerprint density at radius 3 is 2.39 bits per heavy atom. The SMILES string of the molecule is CCS(=O)(=O)c1ccccc1C(=O)NC1CCN(C(C)=O)CC1. The molecule has 1 aromatic rings. The van der Waals surface area contributed by atoms with Gasteiger partial charge >= 0.3 is 0 Å². The first kappa shape index (κ1) is 17.5. The number of carbonyl (C=O) groups excluding carboxylic acids is 2. The van der Waals surface area contributed by atoms with E-state index in [0.717, 1.165) is 0 Å². The van der Waals surface area contributed by atoms with Crippen LogP contribution in [-0.4, -0.2) is 50.0 Å². The van der Waals surface area contributed by atoms with Crippen LogP contribution >= 0.6 is 0 Å². The minimum atomic E-state index is -3.45. The number of rotatable bonds is 4. The molecule has 0 atom stereocenters. The van der Waals surface area contributed by atoms with Crippen molar-refractivity contribution in [1.29, 1.82) is 0 Å². The van der Waals surface area contributed by atoms with Crippen LogP contribution in [0.3, 0.4) is 0 Å². The van der Waals surface area contributed by atoms with E-state index in [1.54, 1.807) is 24.0 Å². The van der Waals surface area contributed by atoms with Crippen molar-refractivity contribution in [3.05, 3.63) is 29.8 Å². The lowest BCUT2D eigenvalue weighted by molar-refractivity contribution is -0.129. The predicted molar refractivity (Wildman–Crippen MR) is 86.9 cm³/mol. The zero-order valence-electron chi connectivity index (χ0n) is 13.4. The van der Waals surface area contributed by atoms with Gasteiger partial charge in [0, 0.05) is 26.1 Å². The first-order valence-corrected chi connectivity index (χ1v) is 9.38. The van der Waals surface area contributed by atoms with Crippen molar-refractivity contribution in [3.8, 4) is 0 Å². The molecule has 0 aromatic heterocycles. The van der Waals surface area contributed by atoms with Crippen molar-refractivity contribution < 1.29 is 18.0 Å². The average Bonchev–Trinajstić information content (AvgIpc) is 2.55. The third-order valence-corrected chi connectivity index (χ3v) is 5.91. The molecule has 6 nitrogen and oxygen atoms in total. The van der Waals surface area contributed by atoms with Gasteiger partial charge in [0.25, 0.3) is 5.91 Å². The number of piperidine rings is 1. The van der Waals surface area contributed by atoms with Gasteiger partial charge < -0.3 is 10.2 Å². The fraction of sp³-hybridized carbons (Fsp3) is 0.500. The fourth-order valence-electron chi connectivity index (χ4n) is 2.68. The Bertz CT molecular complexity index is 692. The molecule has 0 aliphatic carbocycles. The van der Waals surface area contributed by atoms with Gasteiger partial charge in [-0.15, -0.1) is 0 Å². The largest absolute Gasteiger partial charge is 0.349 e. The molecule has 23 heavy (non-hydrogen) atoms. The van der Waals surface area contributed by atoms with E-state index in [1.807, 2.05) is 0 Å².